The summed E-state index contributed by atoms with van der Waals surface area (Å²) in [5.74, 6) is -1.53. The fraction of sp³-hybridized carbons (Fsp3) is 0.600. The predicted octanol–water partition coefficient (Wildman–Crippen LogP) is -2.54. The Morgan fingerprint density at radius 1 is 1.46 bits per heavy atom. The largest absolute Gasteiger partial charge is 0.480 e. The van der Waals surface area contributed by atoms with Crippen LogP contribution in [-0.4, -0.2) is 40.5 Å². The molecule has 0 spiro atoms. The minimum Gasteiger partial charge on any atom is -0.480 e. The Labute approximate surface area is 85.7 Å². The van der Waals surface area contributed by atoms with E-state index >= 15 is 0 Å². The normalized spacial score (nSPS) is 9.38. The van der Waals surface area contributed by atoms with Crippen LogP contribution in [0.15, 0.2) is 0 Å². The van der Waals surface area contributed by atoms with Gasteiger partial charge in [0.2, 0.25) is 5.91 Å². The molecule has 0 aromatic rings. The molecule has 0 aromatic heterocycles. The topological polar surface area (TPSA) is 155 Å². The predicted molar refractivity (Wildman–Crippen MR) is 51.8 cm³/mol. The molecule has 0 aliphatic heterocycles. The molecule has 0 aromatic carbocycles. The minimum absolute atomic E-state index is 0. The average molecular weight is 263 g/mol. The number of hydrogen-bond acceptors (Lipinski definition) is 3. The number of aliphatic carboxylic acids is 1. The number of carboxylic acids is 1. The number of carbonyl (C=O) groups excluding carboxylic acids is 1. The lowest BCUT2D eigenvalue weighted by atomic mass is 10.3. The summed E-state index contributed by atoms with van der Waals surface area (Å²) in [5, 5.41) is 10.4. The van der Waals surface area contributed by atoms with Crippen LogP contribution in [0.3, 0.4) is 0 Å². The van der Waals surface area contributed by atoms with E-state index in [0.717, 1.165) is 0 Å². The van der Waals surface area contributed by atoms with Crippen LogP contribution < -0.4 is 11.1 Å². The van der Waals surface area contributed by atoms with E-state index in [4.69, 9.17) is 10.8 Å². The lowest BCUT2D eigenvalue weighted by Crippen LogP contribution is -2.41. The van der Waals surface area contributed by atoms with Gasteiger partial charge in [-0.05, 0) is 6.92 Å². The van der Waals surface area contributed by atoms with E-state index < -0.39 is 17.9 Å². The van der Waals surface area contributed by atoms with Gasteiger partial charge in [0.1, 0.15) is 6.04 Å². The fourth-order valence-corrected chi connectivity index (χ4v) is 0.362. The molecule has 0 heterocycles. The molecule has 0 saturated carbocycles. The Morgan fingerprint density at radius 3 is 2.08 bits per heavy atom. The van der Waals surface area contributed by atoms with E-state index in [0.29, 0.717) is 0 Å². The molecule has 0 rings (SSSR count). The molecule has 0 bridgehead atoms. The van der Waals surface area contributed by atoms with Crippen LogP contribution in [0.2, 0.25) is 0 Å². The van der Waals surface area contributed by atoms with Gasteiger partial charge in [-0.25, -0.2) is 0 Å². The molecule has 0 radical (unpaired) electrons. The minimum atomic E-state index is -1.07. The van der Waals surface area contributed by atoms with Crippen molar-refractivity contribution in [3.8, 4) is 0 Å². The van der Waals surface area contributed by atoms with Crippen molar-refractivity contribution in [2.24, 2.45) is 5.73 Å². The highest BCUT2D eigenvalue weighted by molar-refractivity contribution is 8.93. The molecular formula is C5H15BrN2O5. The van der Waals surface area contributed by atoms with Crippen LogP contribution in [0.5, 0.6) is 0 Å². The highest BCUT2D eigenvalue weighted by Gasteiger charge is 2.11. The van der Waals surface area contributed by atoms with E-state index in [1.54, 1.807) is 0 Å². The third-order valence-corrected chi connectivity index (χ3v) is 0.933. The van der Waals surface area contributed by atoms with E-state index in [1.807, 2.05) is 0 Å². The van der Waals surface area contributed by atoms with Gasteiger partial charge in [0.25, 0.3) is 0 Å². The van der Waals surface area contributed by atoms with Crippen molar-refractivity contribution in [3.05, 3.63) is 0 Å². The number of nitrogens with two attached hydrogens (primary N) is 1. The van der Waals surface area contributed by atoms with Crippen molar-refractivity contribution in [3.63, 3.8) is 0 Å². The summed E-state index contributed by atoms with van der Waals surface area (Å²) in [6, 6.07) is -0.865. The van der Waals surface area contributed by atoms with Crippen LogP contribution in [-0.2, 0) is 9.59 Å². The van der Waals surface area contributed by atoms with Crippen LogP contribution in [0, 0.1) is 0 Å². The van der Waals surface area contributed by atoms with Crippen molar-refractivity contribution in [1.29, 1.82) is 0 Å². The Hall–Kier alpha value is -0.700. The molecule has 13 heavy (non-hydrogen) atoms. The molecule has 1 atom stereocenters. The van der Waals surface area contributed by atoms with E-state index in [9.17, 15) is 9.59 Å². The number of rotatable bonds is 3. The van der Waals surface area contributed by atoms with Crippen molar-refractivity contribution in [1.82, 2.24) is 5.32 Å². The van der Waals surface area contributed by atoms with Crippen molar-refractivity contribution in [2.45, 2.75) is 13.0 Å². The summed E-state index contributed by atoms with van der Waals surface area (Å²) in [6.45, 7) is 1.19. The summed E-state index contributed by atoms with van der Waals surface area (Å²) < 4.78 is 0. The first-order chi connectivity index (χ1) is 4.57. The fourth-order valence-electron chi connectivity index (χ4n) is 0.362. The van der Waals surface area contributed by atoms with Crippen LogP contribution in [0.4, 0.5) is 0 Å². The molecule has 82 valence electrons. The zero-order valence-electron chi connectivity index (χ0n) is 7.03. The highest BCUT2D eigenvalue weighted by atomic mass is 79.9. The van der Waals surface area contributed by atoms with E-state index in [1.165, 1.54) is 6.92 Å². The maximum atomic E-state index is 10.4. The molecule has 1 amide bonds. The van der Waals surface area contributed by atoms with Gasteiger partial charge in [0.05, 0.1) is 6.54 Å². The van der Waals surface area contributed by atoms with Gasteiger partial charge in [0.15, 0.2) is 0 Å². The van der Waals surface area contributed by atoms with Gasteiger partial charge in [-0.1, -0.05) is 0 Å². The first-order valence-electron chi connectivity index (χ1n) is 2.80. The van der Waals surface area contributed by atoms with Gasteiger partial charge >= 0.3 is 5.97 Å². The number of carboxylic acid groups (broad SMARTS) is 1. The van der Waals surface area contributed by atoms with Gasteiger partial charge in [-0.15, -0.1) is 17.0 Å². The standard InChI is InChI=1S/C5H10N2O3.BrH.2H2O/c1-3(5(9)10)7-4(8)2-6;;;/h3H,2,6H2,1H3,(H,7,8)(H,9,10);1H;2*1H2/t3-;;;/m0.../s1. The van der Waals surface area contributed by atoms with Gasteiger partial charge in [0, 0.05) is 0 Å². The Balaban J connectivity index is -0.000000135. The molecule has 0 aliphatic rings. The number of carbonyl (C=O) groups is 2. The number of nitrogens with one attached hydrogen (secondary N) is 1. The number of hydrogen-bond donors (Lipinski definition) is 3. The Bertz CT molecular complexity index is 154. The van der Waals surface area contributed by atoms with Gasteiger partial charge in [-0.2, -0.15) is 0 Å². The van der Waals surface area contributed by atoms with E-state index in [-0.39, 0.29) is 34.5 Å². The van der Waals surface area contributed by atoms with E-state index in [2.05, 4.69) is 5.32 Å². The molecule has 0 unspecified atom stereocenters. The van der Waals surface area contributed by atoms with Crippen molar-refractivity contribution in [2.75, 3.05) is 6.54 Å². The first kappa shape index (κ1) is 22.8. The summed E-state index contributed by atoms with van der Waals surface area (Å²) in [7, 11) is 0. The molecule has 8 N–H and O–H groups in total. The second kappa shape index (κ2) is 11.3. The number of halogens is 1. The maximum Gasteiger partial charge on any atom is 0.325 e. The van der Waals surface area contributed by atoms with Gasteiger partial charge in [-0.3, -0.25) is 9.59 Å². The second-order valence-electron chi connectivity index (χ2n) is 1.83. The smallest absolute Gasteiger partial charge is 0.325 e. The lowest BCUT2D eigenvalue weighted by molar-refractivity contribution is -0.141. The molecule has 0 saturated heterocycles. The van der Waals surface area contributed by atoms with Crippen molar-refractivity contribution >= 4 is 28.9 Å². The van der Waals surface area contributed by atoms with Crippen LogP contribution in [0.1, 0.15) is 6.92 Å². The molecule has 8 heteroatoms. The monoisotopic (exact) mass is 262 g/mol. The summed E-state index contributed by atoms with van der Waals surface area (Å²) in [6.07, 6.45) is 0. The third-order valence-electron chi connectivity index (χ3n) is 0.933. The van der Waals surface area contributed by atoms with Crippen LogP contribution in [0.25, 0.3) is 0 Å². The quantitative estimate of drug-likeness (QED) is 0.512. The van der Waals surface area contributed by atoms with Crippen molar-refractivity contribution < 1.29 is 25.6 Å². The Kier molecular flexibility index (Phi) is 19.8. The third kappa shape index (κ3) is 11.3. The van der Waals surface area contributed by atoms with Crippen LogP contribution >= 0.6 is 17.0 Å². The number of amides is 1. The Morgan fingerprint density at radius 2 is 1.85 bits per heavy atom. The summed E-state index contributed by atoms with van der Waals surface area (Å²) in [5.41, 5.74) is 4.92. The molecule has 0 fully saturated rings. The SMILES string of the molecule is Br.C[C@H](NC(=O)CN)C(=O)O.O.O. The van der Waals surface area contributed by atoms with Gasteiger partial charge < -0.3 is 27.1 Å². The lowest BCUT2D eigenvalue weighted by Gasteiger charge is -2.06. The summed E-state index contributed by atoms with van der Waals surface area (Å²) >= 11 is 0. The maximum absolute atomic E-state index is 10.4. The highest BCUT2D eigenvalue weighted by Crippen LogP contribution is 1.78. The first-order valence-corrected chi connectivity index (χ1v) is 2.80. The zero-order valence-corrected chi connectivity index (χ0v) is 8.75. The average Bonchev–Trinajstić information content (AvgIpc) is 1.87. The molecule has 7 nitrogen and oxygen atoms in total. The zero-order chi connectivity index (χ0) is 8.15. The molecular weight excluding hydrogens is 248 g/mol. The molecule has 0 aliphatic carbocycles. The summed E-state index contributed by atoms with van der Waals surface area (Å²) in [4.78, 5) is 20.5. The second-order valence-corrected chi connectivity index (χ2v) is 1.83.